The fraction of sp³-hybridized carbons (Fsp3) is 0.286. The lowest BCUT2D eigenvalue weighted by Gasteiger charge is -2.30. The van der Waals surface area contributed by atoms with E-state index < -0.39 is 10.0 Å². The number of hydrogen-bond acceptors (Lipinski definition) is 5. The molecule has 1 unspecified atom stereocenters. The molecular weight excluding hydrogens is 490 g/mol. The zero-order chi connectivity index (χ0) is 25.3. The van der Waals surface area contributed by atoms with E-state index in [2.05, 4.69) is 6.92 Å². The average molecular weight is 520 g/mol. The molecule has 1 saturated heterocycles. The number of carbonyl (C=O) groups excluding carboxylic acids is 1. The third kappa shape index (κ3) is 4.93. The molecule has 0 saturated carbocycles. The summed E-state index contributed by atoms with van der Waals surface area (Å²) in [5, 5.41) is 0.618. The van der Waals surface area contributed by atoms with Crippen molar-refractivity contribution in [3.05, 3.63) is 89.5 Å². The highest BCUT2D eigenvalue weighted by Crippen LogP contribution is 2.32. The normalized spacial score (nSPS) is 16.8. The van der Waals surface area contributed by atoms with E-state index in [0.717, 1.165) is 34.2 Å². The number of hydrogen-bond donors (Lipinski definition) is 0. The van der Waals surface area contributed by atoms with Crippen molar-refractivity contribution in [3.8, 4) is 0 Å². The fourth-order valence-electron chi connectivity index (χ4n) is 4.62. The molecule has 5 rings (SSSR count). The van der Waals surface area contributed by atoms with E-state index in [9.17, 15) is 13.2 Å². The van der Waals surface area contributed by atoms with Crippen molar-refractivity contribution < 1.29 is 13.2 Å². The first kappa shape index (κ1) is 24.6. The van der Waals surface area contributed by atoms with Gasteiger partial charge in [0.2, 0.25) is 10.0 Å². The van der Waals surface area contributed by atoms with Crippen molar-refractivity contribution >= 4 is 42.6 Å². The number of benzene rings is 3. The van der Waals surface area contributed by atoms with E-state index >= 15 is 0 Å². The van der Waals surface area contributed by atoms with Gasteiger partial charge in [-0.2, -0.15) is 4.31 Å². The third-order valence-corrected chi connectivity index (χ3v) is 9.55. The maximum absolute atomic E-state index is 13.7. The highest BCUT2D eigenvalue weighted by molar-refractivity contribution is 7.89. The van der Waals surface area contributed by atoms with Gasteiger partial charge >= 0.3 is 0 Å². The van der Waals surface area contributed by atoms with Crippen molar-refractivity contribution in [1.82, 2.24) is 9.29 Å². The topological polar surface area (TPSA) is 70.6 Å². The number of amides is 1. The summed E-state index contributed by atoms with van der Waals surface area (Å²) in [5.41, 5.74) is 3.36. The van der Waals surface area contributed by atoms with E-state index in [0.29, 0.717) is 36.2 Å². The first-order chi connectivity index (χ1) is 17.3. The Labute approximate surface area is 216 Å². The Morgan fingerprint density at radius 1 is 1.06 bits per heavy atom. The second kappa shape index (κ2) is 10.1. The van der Waals surface area contributed by atoms with Crippen LogP contribution in [0.4, 0.5) is 5.13 Å². The molecule has 2 heterocycles. The molecule has 0 spiro atoms. The van der Waals surface area contributed by atoms with Gasteiger partial charge in [0.1, 0.15) is 0 Å². The summed E-state index contributed by atoms with van der Waals surface area (Å²) in [4.78, 5) is 20.4. The van der Waals surface area contributed by atoms with Gasteiger partial charge in [-0.3, -0.25) is 9.69 Å². The van der Waals surface area contributed by atoms with E-state index in [1.165, 1.54) is 11.3 Å². The van der Waals surface area contributed by atoms with Crippen LogP contribution in [-0.4, -0.2) is 36.7 Å². The molecular formula is C28H29N3O3S2. The van der Waals surface area contributed by atoms with E-state index in [1.54, 1.807) is 33.5 Å². The number of carbonyl (C=O) groups is 1. The van der Waals surface area contributed by atoms with Crippen LogP contribution in [0.3, 0.4) is 0 Å². The SMILES string of the molecule is Cc1cccc2sc(N(Cc3ccccc3)C(=O)c3ccc(S(=O)(=O)N4CCCC(C)C4)cc3)nc12. The van der Waals surface area contributed by atoms with Crippen LogP contribution < -0.4 is 4.90 Å². The molecule has 0 N–H and O–H groups in total. The van der Waals surface area contributed by atoms with Crippen LogP contribution in [0.2, 0.25) is 0 Å². The molecule has 3 aromatic carbocycles. The summed E-state index contributed by atoms with van der Waals surface area (Å²) >= 11 is 1.48. The van der Waals surface area contributed by atoms with Crippen molar-refractivity contribution in [1.29, 1.82) is 0 Å². The van der Waals surface area contributed by atoms with Gasteiger partial charge in [-0.1, -0.05) is 60.7 Å². The minimum atomic E-state index is -3.58. The summed E-state index contributed by atoms with van der Waals surface area (Å²) in [5.74, 6) is 0.129. The second-order valence-corrected chi connectivity index (χ2v) is 12.4. The van der Waals surface area contributed by atoms with E-state index in [4.69, 9.17) is 4.98 Å². The number of para-hydroxylation sites is 1. The Morgan fingerprint density at radius 2 is 1.81 bits per heavy atom. The van der Waals surface area contributed by atoms with Gasteiger partial charge in [0, 0.05) is 18.7 Å². The van der Waals surface area contributed by atoms with Crippen LogP contribution in [-0.2, 0) is 16.6 Å². The number of aromatic nitrogens is 1. The largest absolute Gasteiger partial charge is 0.279 e. The monoisotopic (exact) mass is 519 g/mol. The maximum atomic E-state index is 13.7. The smallest absolute Gasteiger partial charge is 0.260 e. The van der Waals surface area contributed by atoms with Gasteiger partial charge in [0.25, 0.3) is 5.91 Å². The predicted octanol–water partition coefficient (Wildman–Crippen LogP) is 5.87. The summed E-state index contributed by atoms with van der Waals surface area (Å²) in [6, 6.07) is 22.1. The molecule has 36 heavy (non-hydrogen) atoms. The van der Waals surface area contributed by atoms with E-state index in [1.807, 2.05) is 55.5 Å². The Hall–Kier alpha value is -3.07. The first-order valence-electron chi connectivity index (χ1n) is 12.1. The van der Waals surface area contributed by atoms with Crippen LogP contribution in [0.15, 0.2) is 77.7 Å². The number of fused-ring (bicyclic) bond motifs is 1. The Kier molecular flexibility index (Phi) is 6.92. The Balaban J connectivity index is 1.46. The van der Waals surface area contributed by atoms with Gasteiger partial charge in [0.05, 0.1) is 21.7 Å². The van der Waals surface area contributed by atoms with Crippen molar-refractivity contribution in [3.63, 3.8) is 0 Å². The van der Waals surface area contributed by atoms with Crippen molar-refractivity contribution in [2.24, 2.45) is 5.92 Å². The molecule has 0 aliphatic carbocycles. The maximum Gasteiger partial charge on any atom is 0.260 e. The first-order valence-corrected chi connectivity index (χ1v) is 14.4. The lowest BCUT2D eigenvalue weighted by atomic mass is 10.0. The molecule has 1 aromatic heterocycles. The summed E-state index contributed by atoms with van der Waals surface area (Å²) < 4.78 is 28.9. The van der Waals surface area contributed by atoms with Gasteiger partial charge in [-0.25, -0.2) is 13.4 Å². The molecule has 186 valence electrons. The molecule has 6 nitrogen and oxygen atoms in total. The summed E-state index contributed by atoms with van der Waals surface area (Å²) in [6.45, 7) is 5.52. The number of anilines is 1. The van der Waals surface area contributed by atoms with Gasteiger partial charge in [0.15, 0.2) is 5.13 Å². The summed E-state index contributed by atoms with van der Waals surface area (Å²) in [6.07, 6.45) is 1.91. The van der Waals surface area contributed by atoms with Crippen LogP contribution in [0, 0.1) is 12.8 Å². The minimum absolute atomic E-state index is 0.217. The molecule has 1 aliphatic rings. The number of thiazole rings is 1. The molecule has 4 aromatic rings. The van der Waals surface area contributed by atoms with Gasteiger partial charge in [-0.15, -0.1) is 0 Å². The van der Waals surface area contributed by atoms with Gasteiger partial charge in [-0.05, 0) is 67.1 Å². The zero-order valence-corrected chi connectivity index (χ0v) is 22.1. The van der Waals surface area contributed by atoms with Crippen molar-refractivity contribution in [2.45, 2.75) is 38.1 Å². The molecule has 0 radical (unpaired) electrons. The molecule has 8 heteroatoms. The lowest BCUT2D eigenvalue weighted by Crippen LogP contribution is -2.39. The number of aryl methyl sites for hydroxylation is 1. The number of piperidine rings is 1. The molecule has 1 fully saturated rings. The fourth-order valence-corrected chi connectivity index (χ4v) is 7.26. The third-order valence-electron chi connectivity index (χ3n) is 6.63. The summed E-state index contributed by atoms with van der Waals surface area (Å²) in [7, 11) is -3.58. The Morgan fingerprint density at radius 3 is 2.50 bits per heavy atom. The highest BCUT2D eigenvalue weighted by atomic mass is 32.2. The van der Waals surface area contributed by atoms with Crippen LogP contribution in [0.1, 0.15) is 41.3 Å². The van der Waals surface area contributed by atoms with Gasteiger partial charge < -0.3 is 0 Å². The number of rotatable bonds is 6. The molecule has 1 amide bonds. The number of sulfonamides is 1. The lowest BCUT2D eigenvalue weighted by molar-refractivity contribution is 0.0985. The Bertz CT molecular complexity index is 1480. The van der Waals surface area contributed by atoms with Crippen molar-refractivity contribution in [2.75, 3.05) is 18.0 Å². The molecule has 1 atom stereocenters. The minimum Gasteiger partial charge on any atom is -0.279 e. The number of nitrogens with zero attached hydrogens (tertiary/aromatic N) is 3. The van der Waals surface area contributed by atoms with E-state index in [-0.39, 0.29) is 10.8 Å². The van der Waals surface area contributed by atoms with Crippen LogP contribution in [0.25, 0.3) is 10.2 Å². The molecule has 1 aliphatic heterocycles. The predicted molar refractivity (Wildman–Crippen MR) is 145 cm³/mol. The van der Waals surface area contributed by atoms with Crippen LogP contribution in [0.5, 0.6) is 0 Å². The average Bonchev–Trinajstić information content (AvgIpc) is 3.33. The quantitative estimate of drug-likeness (QED) is 0.319. The highest BCUT2D eigenvalue weighted by Gasteiger charge is 2.29. The zero-order valence-electron chi connectivity index (χ0n) is 20.4. The molecule has 0 bridgehead atoms. The second-order valence-electron chi connectivity index (χ2n) is 9.43. The standard InChI is InChI=1S/C28H29N3O3S2/c1-20-8-7-17-30(18-20)36(33,34)24-15-13-23(14-16-24)27(32)31(19-22-10-4-3-5-11-22)28-29-26-21(2)9-6-12-25(26)35-28/h3-6,9-16,20H,7-8,17-19H2,1-2H3. The van der Waals surface area contributed by atoms with Crippen LogP contribution >= 0.6 is 11.3 Å².